The van der Waals surface area contributed by atoms with E-state index in [1.807, 2.05) is 36.5 Å². The average Bonchev–Trinajstić information content (AvgIpc) is 3.22. The Hall–Kier alpha value is -2.96. The van der Waals surface area contributed by atoms with Gasteiger partial charge in [0.1, 0.15) is 6.10 Å². The number of unbranched alkanes of at least 4 members (excludes halogenated alkanes) is 20. The highest BCUT2D eigenvalue weighted by Gasteiger charge is 2.24. The van der Waals surface area contributed by atoms with Gasteiger partial charge in [-0.25, -0.2) is 0 Å². The third-order valence-corrected chi connectivity index (χ3v) is 10.4. The predicted molar refractivity (Wildman–Crippen MR) is 250 cm³/mol. The molecular weight excluding hydrogens is 719 g/mol. The molecule has 1 amide bonds. The molecule has 3 N–H and O–H groups in total. The number of hydrogen-bond donors (Lipinski definition) is 3. The molecule has 0 aliphatic rings. The molecular formula is C52H89NO5. The highest BCUT2D eigenvalue weighted by Crippen LogP contribution is 2.17. The van der Waals surface area contributed by atoms with Gasteiger partial charge in [0.05, 0.1) is 25.2 Å². The summed E-state index contributed by atoms with van der Waals surface area (Å²) in [5.74, 6) is -0.563. The lowest BCUT2D eigenvalue weighted by molar-refractivity contribution is -0.151. The first kappa shape index (κ1) is 55.0. The number of ether oxygens (including phenoxy) is 1. The normalized spacial score (nSPS) is 14.1. The first-order valence-corrected chi connectivity index (χ1v) is 23.9. The van der Waals surface area contributed by atoms with Gasteiger partial charge in [-0.05, 0) is 57.8 Å². The third kappa shape index (κ3) is 39.8. The van der Waals surface area contributed by atoms with Crippen LogP contribution in [0, 0.1) is 0 Å². The molecule has 0 aromatic carbocycles. The number of hydrogen-bond acceptors (Lipinski definition) is 5. The van der Waals surface area contributed by atoms with Crippen LogP contribution < -0.4 is 5.32 Å². The largest absolute Gasteiger partial charge is 0.462 e. The highest BCUT2D eigenvalue weighted by molar-refractivity contribution is 5.77. The maximum Gasteiger partial charge on any atom is 0.306 e. The SMILES string of the molecule is CC/C=C/C=C/C=C\C=C/CCCC(CC(=O)NC(CO)C(O)CCCCCCCCCCCCCCC)OC(=O)CCCCCCCCC/C=C/C=C/C=C/CC. The Kier molecular flexibility index (Phi) is 42.8. The molecule has 6 nitrogen and oxygen atoms in total. The van der Waals surface area contributed by atoms with Crippen LogP contribution in [-0.4, -0.2) is 46.9 Å². The molecule has 6 heteroatoms. The lowest BCUT2D eigenvalue weighted by atomic mass is 10.0. The smallest absolute Gasteiger partial charge is 0.306 e. The minimum Gasteiger partial charge on any atom is -0.462 e. The molecule has 0 rings (SSSR count). The zero-order chi connectivity index (χ0) is 42.4. The first-order chi connectivity index (χ1) is 28.5. The predicted octanol–water partition coefficient (Wildman–Crippen LogP) is 14.0. The Labute approximate surface area is 357 Å². The van der Waals surface area contributed by atoms with Crippen LogP contribution in [0.2, 0.25) is 0 Å². The monoisotopic (exact) mass is 808 g/mol. The molecule has 0 fully saturated rings. The van der Waals surface area contributed by atoms with Gasteiger partial charge in [0, 0.05) is 6.42 Å². The van der Waals surface area contributed by atoms with Gasteiger partial charge >= 0.3 is 5.97 Å². The molecule has 3 atom stereocenters. The van der Waals surface area contributed by atoms with Crippen molar-refractivity contribution in [3.8, 4) is 0 Å². The maximum atomic E-state index is 13.1. The summed E-state index contributed by atoms with van der Waals surface area (Å²) in [6.07, 6.45) is 57.9. The van der Waals surface area contributed by atoms with Gasteiger partial charge in [0.2, 0.25) is 5.91 Å². The highest BCUT2D eigenvalue weighted by atomic mass is 16.5. The number of carbonyl (C=O) groups is 2. The Morgan fingerprint density at radius 2 is 0.948 bits per heavy atom. The van der Waals surface area contributed by atoms with E-state index in [9.17, 15) is 19.8 Å². The van der Waals surface area contributed by atoms with Gasteiger partial charge < -0.3 is 20.3 Å². The molecule has 3 unspecified atom stereocenters. The molecule has 0 aliphatic carbocycles. The fourth-order valence-corrected chi connectivity index (χ4v) is 6.80. The van der Waals surface area contributed by atoms with Crippen molar-refractivity contribution in [2.45, 2.75) is 225 Å². The van der Waals surface area contributed by atoms with Gasteiger partial charge in [-0.15, -0.1) is 0 Å². The van der Waals surface area contributed by atoms with Crippen molar-refractivity contribution in [3.05, 3.63) is 85.1 Å². The van der Waals surface area contributed by atoms with Crippen LogP contribution in [0.25, 0.3) is 0 Å². The summed E-state index contributed by atoms with van der Waals surface area (Å²) in [6.45, 7) is 6.17. The molecule has 332 valence electrons. The van der Waals surface area contributed by atoms with Crippen LogP contribution in [0.4, 0.5) is 0 Å². The summed E-state index contributed by atoms with van der Waals surface area (Å²) in [5.41, 5.74) is 0. The second-order valence-electron chi connectivity index (χ2n) is 15.9. The summed E-state index contributed by atoms with van der Waals surface area (Å²) in [7, 11) is 0. The Balaban J connectivity index is 4.65. The summed E-state index contributed by atoms with van der Waals surface area (Å²) in [6, 6.07) is -0.728. The van der Waals surface area contributed by atoms with Gasteiger partial charge in [-0.1, -0.05) is 221 Å². The zero-order valence-corrected chi connectivity index (χ0v) is 37.6. The van der Waals surface area contributed by atoms with E-state index in [1.54, 1.807) is 0 Å². The molecule has 0 aromatic rings. The number of aliphatic hydroxyl groups is 2. The summed E-state index contributed by atoms with van der Waals surface area (Å²) >= 11 is 0. The molecule has 0 heterocycles. The second kappa shape index (κ2) is 45.1. The third-order valence-electron chi connectivity index (χ3n) is 10.4. The van der Waals surface area contributed by atoms with Crippen molar-refractivity contribution in [1.29, 1.82) is 0 Å². The Morgan fingerprint density at radius 3 is 1.45 bits per heavy atom. The van der Waals surface area contributed by atoms with E-state index in [0.29, 0.717) is 19.3 Å². The summed E-state index contributed by atoms with van der Waals surface area (Å²) in [5, 5.41) is 23.7. The van der Waals surface area contributed by atoms with E-state index in [2.05, 4.69) is 74.7 Å². The number of amides is 1. The number of rotatable bonds is 41. The van der Waals surface area contributed by atoms with E-state index < -0.39 is 18.2 Å². The molecule has 0 aromatic heterocycles. The minimum atomic E-state index is -0.810. The fraction of sp³-hybridized carbons (Fsp3) is 0.692. The molecule has 0 spiro atoms. The number of allylic oxidation sites excluding steroid dienone is 14. The van der Waals surface area contributed by atoms with E-state index in [0.717, 1.165) is 70.6 Å². The Morgan fingerprint density at radius 1 is 0.517 bits per heavy atom. The van der Waals surface area contributed by atoms with E-state index >= 15 is 0 Å². The van der Waals surface area contributed by atoms with E-state index in [-0.39, 0.29) is 24.9 Å². The van der Waals surface area contributed by atoms with Crippen LogP contribution in [0.15, 0.2) is 85.1 Å². The lowest BCUT2D eigenvalue weighted by Gasteiger charge is -2.24. The van der Waals surface area contributed by atoms with Crippen molar-refractivity contribution in [3.63, 3.8) is 0 Å². The number of nitrogens with one attached hydrogen (secondary N) is 1. The lowest BCUT2D eigenvalue weighted by Crippen LogP contribution is -2.46. The first-order valence-electron chi connectivity index (χ1n) is 23.9. The van der Waals surface area contributed by atoms with Gasteiger partial charge in [-0.3, -0.25) is 9.59 Å². The standard InChI is InChI=1S/C52H89NO5/c1-4-7-10-13-16-19-22-24-25-27-30-33-36-39-42-45-52(57)58-48(43-40-37-34-31-28-21-18-15-12-9-6-3)46-51(56)53-49(47-54)50(55)44-41-38-35-32-29-26-23-20-17-14-11-8-5-2/h7,9-10,12-13,15-16,18-19,21-22,28,31,34,48-50,54-55H,4-6,8,11,14,17,20,23-27,29-30,32-33,35-47H2,1-3H3,(H,53,56)/b10-7+,12-9+,16-13+,18-15+,22-19+,28-21-,34-31-. The van der Waals surface area contributed by atoms with Crippen LogP contribution in [0.5, 0.6) is 0 Å². The molecule has 0 saturated heterocycles. The van der Waals surface area contributed by atoms with Crippen molar-refractivity contribution >= 4 is 11.9 Å². The van der Waals surface area contributed by atoms with Crippen molar-refractivity contribution in [2.75, 3.05) is 6.61 Å². The number of esters is 1. The van der Waals surface area contributed by atoms with Crippen LogP contribution in [-0.2, 0) is 14.3 Å². The topological polar surface area (TPSA) is 95.9 Å². The van der Waals surface area contributed by atoms with Crippen molar-refractivity contribution in [1.82, 2.24) is 5.32 Å². The quantitative estimate of drug-likeness (QED) is 0.0325. The van der Waals surface area contributed by atoms with Gasteiger partial charge in [-0.2, -0.15) is 0 Å². The summed E-state index contributed by atoms with van der Waals surface area (Å²) < 4.78 is 5.87. The van der Waals surface area contributed by atoms with Crippen LogP contribution in [0.1, 0.15) is 207 Å². The second-order valence-corrected chi connectivity index (χ2v) is 15.9. The van der Waals surface area contributed by atoms with Crippen LogP contribution in [0.3, 0.4) is 0 Å². The minimum absolute atomic E-state index is 0.0226. The van der Waals surface area contributed by atoms with Gasteiger partial charge in [0.25, 0.3) is 0 Å². The van der Waals surface area contributed by atoms with Crippen molar-refractivity contribution < 1.29 is 24.5 Å². The Bertz CT molecular complexity index is 1130. The zero-order valence-electron chi connectivity index (χ0n) is 37.6. The fourth-order valence-electron chi connectivity index (χ4n) is 6.80. The van der Waals surface area contributed by atoms with E-state index in [1.165, 1.54) is 89.9 Å². The van der Waals surface area contributed by atoms with Gasteiger partial charge in [0.15, 0.2) is 0 Å². The number of aliphatic hydroxyl groups excluding tert-OH is 2. The van der Waals surface area contributed by atoms with Crippen LogP contribution >= 0.6 is 0 Å². The molecule has 0 bridgehead atoms. The average molecular weight is 808 g/mol. The van der Waals surface area contributed by atoms with E-state index in [4.69, 9.17) is 4.74 Å². The molecule has 0 aliphatic heterocycles. The molecule has 58 heavy (non-hydrogen) atoms. The summed E-state index contributed by atoms with van der Waals surface area (Å²) in [4.78, 5) is 26.0. The number of carbonyl (C=O) groups excluding carboxylic acids is 2. The molecule has 0 radical (unpaired) electrons. The molecule has 0 saturated carbocycles. The maximum absolute atomic E-state index is 13.1. The van der Waals surface area contributed by atoms with Crippen molar-refractivity contribution in [2.24, 2.45) is 0 Å².